The number of hydrogen-bond acceptors (Lipinski definition) is 8. The third-order valence-corrected chi connectivity index (χ3v) is 7.65. The van der Waals surface area contributed by atoms with Crippen LogP contribution in [0.5, 0.6) is 0 Å². The zero-order chi connectivity index (χ0) is 30.4. The summed E-state index contributed by atoms with van der Waals surface area (Å²) in [6.45, 7) is 2.01. The zero-order valence-electron chi connectivity index (χ0n) is 23.6. The summed E-state index contributed by atoms with van der Waals surface area (Å²) in [5.74, 6) is 13.2. The number of para-hydroxylation sites is 1. The quantitative estimate of drug-likeness (QED) is 0.107. The first kappa shape index (κ1) is 29.0. The Labute approximate surface area is 249 Å². The molecule has 0 fully saturated rings. The minimum atomic E-state index is -1.43. The molecule has 1 unspecified atom stereocenters. The fourth-order valence-electron chi connectivity index (χ4n) is 5.20. The molecule has 4 aromatic carbocycles. The van der Waals surface area contributed by atoms with Crippen molar-refractivity contribution in [2.45, 2.75) is 25.5 Å². The van der Waals surface area contributed by atoms with Crippen LogP contribution in [0.2, 0.25) is 0 Å². The van der Waals surface area contributed by atoms with Gasteiger partial charge in [0.2, 0.25) is 0 Å². The van der Waals surface area contributed by atoms with Gasteiger partial charge in [0.1, 0.15) is 12.3 Å². The van der Waals surface area contributed by atoms with Crippen LogP contribution < -0.4 is 16.7 Å². The Kier molecular flexibility index (Phi) is 8.48. The number of amides is 1. The molecule has 0 bridgehead atoms. The molecule has 216 valence electrons. The van der Waals surface area contributed by atoms with Gasteiger partial charge in [0.25, 0.3) is 5.91 Å². The number of benzene rings is 4. The molecule has 0 saturated heterocycles. The van der Waals surface area contributed by atoms with E-state index in [0.717, 1.165) is 11.1 Å². The molecule has 1 atom stereocenters. The Morgan fingerprint density at radius 2 is 1.49 bits per heavy atom. The number of hydrogen-bond donors (Lipinski definition) is 2. The van der Waals surface area contributed by atoms with Crippen LogP contribution >= 0.6 is 0 Å². The number of rotatable bonds is 8. The molecule has 9 heteroatoms. The molecule has 0 radical (unpaired) electrons. The predicted octanol–water partition coefficient (Wildman–Crippen LogP) is 3.95. The summed E-state index contributed by atoms with van der Waals surface area (Å²) in [4.78, 5) is 41.1. The van der Waals surface area contributed by atoms with Crippen molar-refractivity contribution in [2.75, 3.05) is 11.6 Å². The smallest absolute Gasteiger partial charge is 0.359 e. The van der Waals surface area contributed by atoms with Gasteiger partial charge < -0.3 is 10.6 Å². The molecular formula is C34H31N5O4. The van der Waals surface area contributed by atoms with Gasteiger partial charge in [-0.05, 0) is 42.2 Å². The van der Waals surface area contributed by atoms with E-state index in [-0.39, 0.29) is 24.6 Å². The van der Waals surface area contributed by atoms with Gasteiger partial charge >= 0.3 is 5.97 Å². The lowest BCUT2D eigenvalue weighted by Gasteiger charge is -2.39. The Morgan fingerprint density at radius 3 is 2.12 bits per heavy atom. The molecule has 4 aromatic rings. The van der Waals surface area contributed by atoms with E-state index in [1.165, 1.54) is 9.91 Å². The maximum atomic E-state index is 14.4. The molecule has 1 amide bonds. The lowest BCUT2D eigenvalue weighted by Crippen LogP contribution is -2.57. The van der Waals surface area contributed by atoms with Crippen LogP contribution in [0, 0.1) is 0 Å². The SMILES string of the molecule is CC1(c2ccc(C(=NN)C(=O)OCc3ccccc3)cc2)C(=O)N(CCc2ccccc2)C(=C=O)c2ccccc2N1N. The molecule has 1 aliphatic heterocycles. The van der Waals surface area contributed by atoms with E-state index in [9.17, 15) is 14.4 Å². The summed E-state index contributed by atoms with van der Waals surface area (Å²) < 4.78 is 5.42. The van der Waals surface area contributed by atoms with Crippen LogP contribution in [0.25, 0.3) is 5.70 Å². The first-order chi connectivity index (χ1) is 20.9. The average Bonchev–Trinajstić information content (AvgIpc) is 3.12. The second-order valence-corrected chi connectivity index (χ2v) is 10.2. The fraction of sp³-hybridized carbons (Fsp3) is 0.147. The summed E-state index contributed by atoms with van der Waals surface area (Å²) in [6, 6.07) is 32.7. The lowest BCUT2D eigenvalue weighted by atomic mass is 9.88. The lowest BCUT2D eigenvalue weighted by molar-refractivity contribution is -0.136. The highest BCUT2D eigenvalue weighted by molar-refractivity contribution is 6.43. The van der Waals surface area contributed by atoms with Crippen LogP contribution in [0.15, 0.2) is 114 Å². The Hall–Kier alpha value is -5.50. The summed E-state index contributed by atoms with van der Waals surface area (Å²) in [5.41, 5.74) is 2.40. The number of fused-ring (bicyclic) bond motifs is 1. The number of hydrazine groups is 1. The summed E-state index contributed by atoms with van der Waals surface area (Å²) in [6.07, 6.45) is 0.515. The molecule has 5 rings (SSSR count). The van der Waals surface area contributed by atoms with Gasteiger partial charge in [0, 0.05) is 17.7 Å². The van der Waals surface area contributed by atoms with Crippen LogP contribution in [0.1, 0.15) is 34.7 Å². The van der Waals surface area contributed by atoms with Gasteiger partial charge in [-0.2, -0.15) is 5.10 Å². The molecule has 0 spiro atoms. The van der Waals surface area contributed by atoms with Crippen LogP contribution in [0.3, 0.4) is 0 Å². The standard InChI is InChI=1S/C34H31N5O4/c1-34(27-18-16-26(17-19-27)31(37-35)32(41)43-23-25-12-6-3-7-13-25)33(42)38(21-20-24-10-4-2-5-11-24)30(22-40)28-14-8-9-15-29(28)39(34)36/h2-19H,20-21,23,35-36H2,1H3. The van der Waals surface area contributed by atoms with Crippen molar-refractivity contribution in [2.24, 2.45) is 16.8 Å². The largest absolute Gasteiger partial charge is 0.456 e. The van der Waals surface area contributed by atoms with Gasteiger partial charge in [-0.25, -0.2) is 15.4 Å². The third-order valence-electron chi connectivity index (χ3n) is 7.65. The Balaban J connectivity index is 1.48. The third kappa shape index (κ3) is 5.67. The number of esters is 1. The van der Waals surface area contributed by atoms with Crippen LogP contribution in [-0.2, 0) is 37.7 Å². The number of hydrazone groups is 1. The Bertz CT molecular complexity index is 1700. The van der Waals surface area contributed by atoms with Gasteiger partial charge in [0.05, 0.1) is 5.69 Å². The summed E-state index contributed by atoms with van der Waals surface area (Å²) in [5, 5.41) is 5.06. The van der Waals surface area contributed by atoms with Gasteiger partial charge in [0.15, 0.2) is 17.2 Å². The van der Waals surface area contributed by atoms with Crippen molar-refractivity contribution in [3.8, 4) is 0 Å². The van der Waals surface area contributed by atoms with Crippen molar-refractivity contribution < 1.29 is 19.1 Å². The zero-order valence-corrected chi connectivity index (χ0v) is 23.6. The van der Waals surface area contributed by atoms with E-state index < -0.39 is 17.4 Å². The molecule has 43 heavy (non-hydrogen) atoms. The van der Waals surface area contributed by atoms with Crippen molar-refractivity contribution in [1.29, 1.82) is 0 Å². The second-order valence-electron chi connectivity index (χ2n) is 10.2. The number of carbonyl (C=O) groups is 2. The summed E-state index contributed by atoms with van der Waals surface area (Å²) in [7, 11) is 0. The monoisotopic (exact) mass is 573 g/mol. The maximum Gasteiger partial charge on any atom is 0.359 e. The van der Waals surface area contributed by atoms with Crippen LogP contribution in [-0.4, -0.2) is 35.0 Å². The first-order valence-corrected chi connectivity index (χ1v) is 13.7. The van der Waals surface area contributed by atoms with Gasteiger partial charge in [-0.15, -0.1) is 0 Å². The van der Waals surface area contributed by atoms with E-state index >= 15 is 0 Å². The van der Waals surface area contributed by atoms with E-state index in [0.29, 0.717) is 28.8 Å². The number of anilines is 1. The molecule has 0 saturated carbocycles. The number of ether oxygens (including phenoxy) is 1. The first-order valence-electron chi connectivity index (χ1n) is 13.7. The van der Waals surface area contributed by atoms with Crippen molar-refractivity contribution in [1.82, 2.24) is 4.90 Å². The van der Waals surface area contributed by atoms with Gasteiger partial charge in [-0.1, -0.05) is 97.1 Å². The van der Waals surface area contributed by atoms with E-state index in [1.54, 1.807) is 55.5 Å². The predicted molar refractivity (Wildman–Crippen MR) is 165 cm³/mol. The molecule has 0 aliphatic carbocycles. The minimum absolute atomic E-state index is 0.0644. The molecule has 4 N–H and O–H groups in total. The van der Waals surface area contributed by atoms with Crippen molar-refractivity contribution in [3.05, 3.63) is 137 Å². The van der Waals surface area contributed by atoms with Crippen LogP contribution in [0.4, 0.5) is 5.69 Å². The minimum Gasteiger partial charge on any atom is -0.456 e. The number of carbonyl (C=O) groups excluding carboxylic acids is 3. The highest BCUT2D eigenvalue weighted by Gasteiger charge is 2.47. The molecular weight excluding hydrogens is 542 g/mol. The number of nitrogens with zero attached hydrogens (tertiary/aromatic N) is 3. The highest BCUT2D eigenvalue weighted by atomic mass is 16.5. The summed E-state index contributed by atoms with van der Waals surface area (Å²) >= 11 is 0. The average molecular weight is 574 g/mol. The highest BCUT2D eigenvalue weighted by Crippen LogP contribution is 2.41. The molecule has 1 aliphatic rings. The second kappa shape index (κ2) is 12.6. The van der Waals surface area contributed by atoms with E-state index in [4.69, 9.17) is 16.4 Å². The maximum absolute atomic E-state index is 14.4. The Morgan fingerprint density at radius 1 is 0.884 bits per heavy atom. The molecule has 1 heterocycles. The van der Waals surface area contributed by atoms with Crippen molar-refractivity contribution in [3.63, 3.8) is 0 Å². The van der Waals surface area contributed by atoms with E-state index in [1.807, 2.05) is 66.6 Å². The van der Waals surface area contributed by atoms with Gasteiger partial charge in [-0.3, -0.25) is 14.7 Å². The fourth-order valence-corrected chi connectivity index (χ4v) is 5.20. The normalized spacial score (nSPS) is 16.7. The van der Waals surface area contributed by atoms with Crippen molar-refractivity contribution >= 4 is 34.9 Å². The molecule has 0 aromatic heterocycles. The molecule has 9 nitrogen and oxygen atoms in total. The topological polar surface area (TPSA) is 131 Å². The van der Waals surface area contributed by atoms with E-state index in [2.05, 4.69) is 5.10 Å². The number of nitrogens with two attached hydrogens (primary N) is 2.